The topological polar surface area (TPSA) is 72.1 Å². The maximum atomic E-state index is 13.3. The van der Waals surface area contributed by atoms with Crippen molar-refractivity contribution in [3.8, 4) is 27.7 Å². The summed E-state index contributed by atoms with van der Waals surface area (Å²) in [6.45, 7) is 0.699. The first-order valence-corrected chi connectivity index (χ1v) is 10.8. The fraction of sp³-hybridized carbons (Fsp3) is 0.227. The fourth-order valence-electron chi connectivity index (χ4n) is 4.06. The molecular weight excluding hydrogens is 440 g/mol. The minimum absolute atomic E-state index is 0.0448. The molecular formula is C22H17F2N3O4S. The van der Waals surface area contributed by atoms with Crippen LogP contribution in [-0.2, 0) is 6.42 Å². The number of ether oxygens (including phenoxy) is 3. The molecule has 1 unspecified atom stereocenters. The lowest BCUT2D eigenvalue weighted by molar-refractivity contribution is -0.286. The highest BCUT2D eigenvalue weighted by Gasteiger charge is 2.45. The minimum Gasteiger partial charge on any atom is -0.493 e. The summed E-state index contributed by atoms with van der Waals surface area (Å²) in [5.41, 5.74) is 3.94. The van der Waals surface area contributed by atoms with E-state index in [1.165, 1.54) is 29.0 Å². The van der Waals surface area contributed by atoms with E-state index in [4.69, 9.17) is 4.74 Å². The number of carbonyl (C=O) groups is 1. The molecule has 6 rings (SSSR count). The van der Waals surface area contributed by atoms with E-state index in [1.807, 2.05) is 23.6 Å². The van der Waals surface area contributed by atoms with Gasteiger partial charge in [0.15, 0.2) is 17.8 Å². The van der Waals surface area contributed by atoms with Gasteiger partial charge in [0.2, 0.25) is 0 Å². The van der Waals surface area contributed by atoms with Crippen molar-refractivity contribution >= 4 is 28.6 Å². The van der Waals surface area contributed by atoms with Crippen LogP contribution in [-0.4, -0.2) is 32.1 Å². The van der Waals surface area contributed by atoms with Gasteiger partial charge >= 0.3 is 6.29 Å². The van der Waals surface area contributed by atoms with Crippen molar-refractivity contribution in [2.45, 2.75) is 19.0 Å². The maximum Gasteiger partial charge on any atom is 0.586 e. The smallest absolute Gasteiger partial charge is 0.493 e. The zero-order valence-electron chi connectivity index (χ0n) is 16.8. The van der Waals surface area contributed by atoms with Crippen LogP contribution in [0, 0.1) is 0 Å². The molecule has 7 nitrogen and oxygen atoms in total. The van der Waals surface area contributed by atoms with Gasteiger partial charge < -0.3 is 29.7 Å². The molecule has 3 aliphatic heterocycles. The Hall–Kier alpha value is -3.53. The lowest BCUT2D eigenvalue weighted by atomic mass is 10.1. The molecule has 0 fully saturated rings. The van der Waals surface area contributed by atoms with E-state index in [0.29, 0.717) is 23.5 Å². The number of nitrogens with one attached hydrogen (secondary N) is 2. The van der Waals surface area contributed by atoms with Gasteiger partial charge in [-0.1, -0.05) is 0 Å². The second-order valence-corrected chi connectivity index (χ2v) is 8.65. The lowest BCUT2D eigenvalue weighted by Crippen LogP contribution is -2.48. The molecule has 3 aromatic rings. The average Bonchev–Trinajstić information content (AvgIpc) is 3.51. The molecule has 3 aliphatic rings. The number of benzene rings is 2. The number of anilines is 2. The minimum atomic E-state index is -3.67. The average molecular weight is 457 g/mol. The number of hydrogen-bond acceptors (Lipinski definition) is 7. The molecule has 1 amide bonds. The lowest BCUT2D eigenvalue weighted by Gasteiger charge is -2.22. The molecule has 1 aromatic heterocycles. The number of thiophene rings is 1. The van der Waals surface area contributed by atoms with Crippen molar-refractivity contribution in [3.63, 3.8) is 0 Å². The third kappa shape index (κ3) is 3.10. The molecule has 2 aromatic carbocycles. The van der Waals surface area contributed by atoms with Gasteiger partial charge in [0.1, 0.15) is 5.75 Å². The predicted molar refractivity (Wildman–Crippen MR) is 115 cm³/mol. The van der Waals surface area contributed by atoms with Crippen LogP contribution in [0.3, 0.4) is 0 Å². The number of amides is 1. The predicted octanol–water partition coefficient (Wildman–Crippen LogP) is 4.25. The van der Waals surface area contributed by atoms with Gasteiger partial charge in [0.25, 0.3) is 5.91 Å². The molecule has 164 valence electrons. The third-order valence-electron chi connectivity index (χ3n) is 5.68. The summed E-state index contributed by atoms with van der Waals surface area (Å²) >= 11 is 1.50. The van der Waals surface area contributed by atoms with E-state index in [-0.39, 0.29) is 17.4 Å². The van der Waals surface area contributed by atoms with Crippen LogP contribution in [0.5, 0.6) is 17.2 Å². The number of halogens is 2. The number of rotatable bonds is 3. The second kappa shape index (κ2) is 6.73. The highest BCUT2D eigenvalue weighted by molar-refractivity contribution is 7.13. The number of fused-ring (bicyclic) bond motifs is 3. The SMILES string of the molecule is CN1c2cc3c(cc2NC1NC(=O)c1csc(-c2ccc4c(c2)CCO4)c1)OC(F)(F)O3. The van der Waals surface area contributed by atoms with E-state index in [2.05, 4.69) is 26.2 Å². The quantitative estimate of drug-likeness (QED) is 0.613. The molecule has 2 N–H and O–H groups in total. The van der Waals surface area contributed by atoms with Gasteiger partial charge in [-0.15, -0.1) is 20.1 Å². The van der Waals surface area contributed by atoms with Gasteiger partial charge in [-0.2, -0.15) is 0 Å². The number of carbonyl (C=O) groups excluding carboxylic acids is 1. The van der Waals surface area contributed by atoms with E-state index in [1.54, 1.807) is 11.9 Å². The highest BCUT2D eigenvalue weighted by atomic mass is 32.1. The Morgan fingerprint density at radius 1 is 1.19 bits per heavy atom. The van der Waals surface area contributed by atoms with Crippen molar-refractivity contribution < 1.29 is 27.8 Å². The van der Waals surface area contributed by atoms with Crippen LogP contribution >= 0.6 is 11.3 Å². The highest BCUT2D eigenvalue weighted by Crippen LogP contribution is 2.48. The summed E-state index contributed by atoms with van der Waals surface area (Å²) in [6.07, 6.45) is -3.34. The molecule has 0 spiro atoms. The first-order valence-electron chi connectivity index (χ1n) is 9.95. The van der Waals surface area contributed by atoms with Gasteiger partial charge in [-0.25, -0.2) is 0 Å². The largest absolute Gasteiger partial charge is 0.586 e. The second-order valence-electron chi connectivity index (χ2n) is 7.74. The normalized spacial score (nSPS) is 19.2. The Morgan fingerprint density at radius 3 is 2.84 bits per heavy atom. The van der Waals surface area contributed by atoms with Crippen molar-refractivity contribution in [2.75, 3.05) is 23.9 Å². The van der Waals surface area contributed by atoms with Gasteiger partial charge in [-0.3, -0.25) is 4.79 Å². The van der Waals surface area contributed by atoms with E-state index >= 15 is 0 Å². The first-order chi connectivity index (χ1) is 15.4. The summed E-state index contributed by atoms with van der Waals surface area (Å²) in [5, 5.41) is 7.85. The molecule has 0 saturated heterocycles. The molecule has 0 aliphatic carbocycles. The van der Waals surface area contributed by atoms with Crippen LogP contribution < -0.4 is 29.7 Å². The Balaban J connectivity index is 1.18. The number of hydrogen-bond donors (Lipinski definition) is 2. The van der Waals surface area contributed by atoms with Crippen LogP contribution in [0.4, 0.5) is 20.2 Å². The Labute approximate surface area is 185 Å². The van der Waals surface area contributed by atoms with E-state index < -0.39 is 12.6 Å². The first kappa shape index (κ1) is 19.2. The number of nitrogens with zero attached hydrogens (tertiary/aromatic N) is 1. The van der Waals surface area contributed by atoms with E-state index in [9.17, 15) is 13.6 Å². The summed E-state index contributed by atoms with van der Waals surface area (Å²) in [5.74, 6) is 0.574. The van der Waals surface area contributed by atoms with Crippen LogP contribution in [0.2, 0.25) is 0 Å². The summed E-state index contributed by atoms with van der Waals surface area (Å²) < 4.78 is 41.2. The summed E-state index contributed by atoms with van der Waals surface area (Å²) in [7, 11) is 1.75. The standard InChI is InChI=1S/C22H17F2N3O4S/c1-27-15-9-18-17(30-22(23,24)31-18)8-14(15)25-21(27)26-20(28)13-7-19(32-10-13)12-2-3-16-11(6-12)4-5-29-16/h2-3,6-10,21,25H,4-5H2,1H3,(H,26,28). The van der Waals surface area contributed by atoms with Crippen molar-refractivity contribution in [1.82, 2.24) is 5.32 Å². The van der Waals surface area contributed by atoms with Crippen LogP contribution in [0.25, 0.3) is 10.4 Å². The summed E-state index contributed by atoms with van der Waals surface area (Å²) in [6, 6.07) is 10.8. The maximum absolute atomic E-state index is 13.3. The number of alkyl halides is 2. The van der Waals surface area contributed by atoms with Gasteiger partial charge in [0, 0.05) is 35.9 Å². The Kier molecular flexibility index (Phi) is 4.03. The zero-order valence-corrected chi connectivity index (χ0v) is 17.6. The molecule has 1 atom stereocenters. The van der Waals surface area contributed by atoms with Gasteiger partial charge in [-0.05, 0) is 35.4 Å². The molecule has 0 bridgehead atoms. The van der Waals surface area contributed by atoms with Crippen molar-refractivity contribution in [2.24, 2.45) is 0 Å². The van der Waals surface area contributed by atoms with Crippen LogP contribution in [0.15, 0.2) is 41.8 Å². The van der Waals surface area contributed by atoms with E-state index in [0.717, 1.165) is 22.6 Å². The van der Waals surface area contributed by atoms with Crippen molar-refractivity contribution in [1.29, 1.82) is 0 Å². The molecule has 32 heavy (non-hydrogen) atoms. The monoisotopic (exact) mass is 457 g/mol. The molecule has 10 heteroatoms. The Morgan fingerprint density at radius 2 is 2.00 bits per heavy atom. The van der Waals surface area contributed by atoms with Crippen molar-refractivity contribution in [3.05, 3.63) is 52.9 Å². The van der Waals surface area contributed by atoms with Gasteiger partial charge in [0.05, 0.1) is 23.5 Å². The molecule has 4 heterocycles. The molecule has 0 radical (unpaired) electrons. The zero-order chi connectivity index (χ0) is 22.0. The molecule has 0 saturated carbocycles. The third-order valence-corrected chi connectivity index (χ3v) is 6.66. The Bertz CT molecular complexity index is 1260. The fourth-order valence-corrected chi connectivity index (χ4v) is 4.95. The summed E-state index contributed by atoms with van der Waals surface area (Å²) in [4.78, 5) is 15.6. The van der Waals surface area contributed by atoms with Crippen LogP contribution in [0.1, 0.15) is 15.9 Å².